The second-order valence-electron chi connectivity index (χ2n) is 5.82. The summed E-state index contributed by atoms with van der Waals surface area (Å²) in [5, 5.41) is 3.62. The zero-order valence-corrected chi connectivity index (χ0v) is 10.4. The molecule has 3 heteroatoms. The Morgan fingerprint density at radius 2 is 1.93 bits per heavy atom. The highest BCUT2D eigenvalue weighted by molar-refractivity contribution is 4.94. The SMILES string of the molecule is CN1CCCN(C2CNC(C)(C)C2)CC1. The molecule has 2 saturated heterocycles. The zero-order valence-electron chi connectivity index (χ0n) is 10.4. The van der Waals surface area contributed by atoms with Gasteiger partial charge in [-0.05, 0) is 46.8 Å². The van der Waals surface area contributed by atoms with Gasteiger partial charge in [-0.2, -0.15) is 0 Å². The highest BCUT2D eigenvalue weighted by atomic mass is 15.2. The fraction of sp³-hybridized carbons (Fsp3) is 1.00. The van der Waals surface area contributed by atoms with E-state index < -0.39 is 0 Å². The zero-order chi connectivity index (χ0) is 10.9. The minimum atomic E-state index is 0.350. The third kappa shape index (κ3) is 2.92. The monoisotopic (exact) mass is 211 g/mol. The standard InChI is InChI=1S/C12H25N3/c1-12(2)9-11(10-13-12)15-6-4-5-14(3)7-8-15/h11,13H,4-10H2,1-3H3. The molecule has 0 aromatic heterocycles. The van der Waals surface area contributed by atoms with Gasteiger partial charge in [0.15, 0.2) is 0 Å². The van der Waals surface area contributed by atoms with Crippen LogP contribution in [0.3, 0.4) is 0 Å². The van der Waals surface area contributed by atoms with E-state index in [-0.39, 0.29) is 0 Å². The van der Waals surface area contributed by atoms with E-state index in [0.29, 0.717) is 5.54 Å². The van der Waals surface area contributed by atoms with Gasteiger partial charge >= 0.3 is 0 Å². The van der Waals surface area contributed by atoms with Crippen molar-refractivity contribution < 1.29 is 0 Å². The first kappa shape index (κ1) is 11.4. The molecular formula is C12H25N3. The van der Waals surface area contributed by atoms with Crippen molar-refractivity contribution in [3.8, 4) is 0 Å². The Morgan fingerprint density at radius 3 is 2.60 bits per heavy atom. The van der Waals surface area contributed by atoms with Crippen molar-refractivity contribution in [2.24, 2.45) is 0 Å². The van der Waals surface area contributed by atoms with Gasteiger partial charge in [-0.15, -0.1) is 0 Å². The van der Waals surface area contributed by atoms with Crippen molar-refractivity contribution in [2.45, 2.75) is 38.3 Å². The number of hydrogen-bond acceptors (Lipinski definition) is 3. The maximum atomic E-state index is 3.62. The molecule has 2 fully saturated rings. The van der Waals surface area contributed by atoms with Gasteiger partial charge in [0.05, 0.1) is 0 Å². The van der Waals surface area contributed by atoms with Gasteiger partial charge in [-0.25, -0.2) is 0 Å². The van der Waals surface area contributed by atoms with E-state index >= 15 is 0 Å². The molecule has 1 N–H and O–H groups in total. The molecule has 0 aromatic rings. The highest BCUT2D eigenvalue weighted by Crippen LogP contribution is 2.22. The van der Waals surface area contributed by atoms with Gasteiger partial charge < -0.3 is 10.2 Å². The third-order valence-electron chi connectivity index (χ3n) is 3.83. The lowest BCUT2D eigenvalue weighted by molar-refractivity contribution is 0.208. The molecule has 0 aliphatic carbocycles. The summed E-state index contributed by atoms with van der Waals surface area (Å²) in [5.74, 6) is 0. The average molecular weight is 211 g/mol. The number of nitrogens with zero attached hydrogens (tertiary/aromatic N) is 2. The lowest BCUT2D eigenvalue weighted by atomic mass is 10.0. The summed E-state index contributed by atoms with van der Waals surface area (Å²) in [7, 11) is 2.24. The molecule has 0 spiro atoms. The Morgan fingerprint density at radius 1 is 1.13 bits per heavy atom. The molecule has 2 aliphatic rings. The Kier molecular flexibility index (Phi) is 3.33. The van der Waals surface area contributed by atoms with E-state index in [2.05, 4.69) is 36.0 Å². The van der Waals surface area contributed by atoms with E-state index in [4.69, 9.17) is 0 Å². The molecule has 2 heterocycles. The van der Waals surface area contributed by atoms with Crippen LogP contribution in [0.2, 0.25) is 0 Å². The Balaban J connectivity index is 1.88. The van der Waals surface area contributed by atoms with Gasteiger partial charge in [0, 0.05) is 31.2 Å². The maximum Gasteiger partial charge on any atom is 0.0238 e. The second kappa shape index (κ2) is 4.40. The van der Waals surface area contributed by atoms with Crippen molar-refractivity contribution in [3.63, 3.8) is 0 Å². The van der Waals surface area contributed by atoms with E-state index in [1.807, 2.05) is 0 Å². The van der Waals surface area contributed by atoms with E-state index in [0.717, 1.165) is 6.04 Å². The minimum absolute atomic E-state index is 0.350. The van der Waals surface area contributed by atoms with E-state index in [1.54, 1.807) is 0 Å². The van der Waals surface area contributed by atoms with Crippen molar-refractivity contribution in [2.75, 3.05) is 39.8 Å². The van der Waals surface area contributed by atoms with Crippen LogP contribution in [0.25, 0.3) is 0 Å². The van der Waals surface area contributed by atoms with Crippen molar-refractivity contribution in [1.82, 2.24) is 15.1 Å². The number of likely N-dealkylation sites (N-methyl/N-ethyl adjacent to an activating group) is 1. The summed E-state index contributed by atoms with van der Waals surface area (Å²) in [4.78, 5) is 5.14. The van der Waals surface area contributed by atoms with Crippen molar-refractivity contribution >= 4 is 0 Å². The maximum absolute atomic E-state index is 3.62. The summed E-state index contributed by atoms with van der Waals surface area (Å²) in [6.45, 7) is 10.8. The Bertz CT molecular complexity index is 215. The molecule has 2 rings (SSSR count). The fourth-order valence-corrected chi connectivity index (χ4v) is 2.82. The predicted molar refractivity (Wildman–Crippen MR) is 64.2 cm³/mol. The molecule has 1 unspecified atom stereocenters. The predicted octanol–water partition coefficient (Wildman–Crippen LogP) is 0.764. The average Bonchev–Trinajstić information content (AvgIpc) is 2.39. The Hall–Kier alpha value is -0.120. The third-order valence-corrected chi connectivity index (χ3v) is 3.83. The molecular weight excluding hydrogens is 186 g/mol. The summed E-state index contributed by atoms with van der Waals surface area (Å²) in [6, 6.07) is 0.770. The normalized spacial score (nSPS) is 34.2. The largest absolute Gasteiger partial charge is 0.310 e. The fourth-order valence-electron chi connectivity index (χ4n) is 2.82. The molecule has 0 saturated carbocycles. The van der Waals surface area contributed by atoms with Crippen LogP contribution in [0.15, 0.2) is 0 Å². The molecule has 0 amide bonds. The van der Waals surface area contributed by atoms with Crippen LogP contribution in [0.5, 0.6) is 0 Å². The van der Waals surface area contributed by atoms with Crippen LogP contribution in [0, 0.1) is 0 Å². The van der Waals surface area contributed by atoms with Gasteiger partial charge in [-0.1, -0.05) is 0 Å². The summed E-state index contributed by atoms with van der Waals surface area (Å²) in [6.07, 6.45) is 2.63. The minimum Gasteiger partial charge on any atom is -0.310 e. The first-order valence-corrected chi connectivity index (χ1v) is 6.24. The molecule has 0 aromatic carbocycles. The molecule has 88 valence electrons. The van der Waals surface area contributed by atoms with Crippen LogP contribution < -0.4 is 5.32 Å². The van der Waals surface area contributed by atoms with Gasteiger partial charge in [0.25, 0.3) is 0 Å². The van der Waals surface area contributed by atoms with Crippen molar-refractivity contribution in [3.05, 3.63) is 0 Å². The van der Waals surface area contributed by atoms with Gasteiger partial charge in [0.1, 0.15) is 0 Å². The van der Waals surface area contributed by atoms with Crippen LogP contribution in [-0.4, -0.2) is 61.2 Å². The molecule has 3 nitrogen and oxygen atoms in total. The van der Waals surface area contributed by atoms with Crippen LogP contribution in [-0.2, 0) is 0 Å². The summed E-state index contributed by atoms with van der Waals surface area (Å²) >= 11 is 0. The van der Waals surface area contributed by atoms with E-state index in [1.165, 1.54) is 45.6 Å². The Labute approximate surface area is 93.8 Å². The number of hydrogen-bond donors (Lipinski definition) is 1. The smallest absolute Gasteiger partial charge is 0.0238 e. The van der Waals surface area contributed by atoms with Gasteiger partial charge in [-0.3, -0.25) is 4.90 Å². The lowest BCUT2D eigenvalue weighted by Crippen LogP contribution is -2.39. The van der Waals surface area contributed by atoms with Crippen LogP contribution in [0.4, 0.5) is 0 Å². The quantitative estimate of drug-likeness (QED) is 0.691. The lowest BCUT2D eigenvalue weighted by Gasteiger charge is -2.27. The number of rotatable bonds is 1. The van der Waals surface area contributed by atoms with Crippen LogP contribution >= 0.6 is 0 Å². The molecule has 15 heavy (non-hydrogen) atoms. The second-order valence-corrected chi connectivity index (χ2v) is 5.82. The van der Waals surface area contributed by atoms with E-state index in [9.17, 15) is 0 Å². The first-order chi connectivity index (χ1) is 7.07. The molecule has 2 aliphatic heterocycles. The number of nitrogens with one attached hydrogen (secondary N) is 1. The summed E-state index contributed by atoms with van der Waals surface area (Å²) in [5.41, 5.74) is 0.350. The first-order valence-electron chi connectivity index (χ1n) is 6.24. The topological polar surface area (TPSA) is 18.5 Å². The van der Waals surface area contributed by atoms with Gasteiger partial charge in [0.2, 0.25) is 0 Å². The summed E-state index contributed by atoms with van der Waals surface area (Å²) < 4.78 is 0. The molecule has 0 bridgehead atoms. The van der Waals surface area contributed by atoms with Crippen molar-refractivity contribution in [1.29, 1.82) is 0 Å². The molecule has 0 radical (unpaired) electrons. The molecule has 1 atom stereocenters. The van der Waals surface area contributed by atoms with Crippen LogP contribution in [0.1, 0.15) is 26.7 Å². The highest BCUT2D eigenvalue weighted by Gasteiger charge is 2.33.